The molecule has 1 rings (SSSR count). The number of nitrogens with one attached hydrogen (secondary N) is 1. The van der Waals surface area contributed by atoms with Gasteiger partial charge in [0.05, 0.1) is 5.75 Å². The van der Waals surface area contributed by atoms with E-state index in [1.54, 1.807) is 0 Å². The third-order valence-electron chi connectivity index (χ3n) is 1.64. The van der Waals surface area contributed by atoms with Gasteiger partial charge in [0.15, 0.2) is 5.76 Å². The molecule has 94 valence electrons. The van der Waals surface area contributed by atoms with Gasteiger partial charge >= 0.3 is 5.97 Å². The van der Waals surface area contributed by atoms with E-state index < -0.39 is 24.2 Å². The molecule has 0 saturated heterocycles. The van der Waals surface area contributed by atoms with Crippen LogP contribution < -0.4 is 5.32 Å². The van der Waals surface area contributed by atoms with Crippen molar-refractivity contribution < 1.29 is 27.9 Å². The van der Waals surface area contributed by atoms with Crippen molar-refractivity contribution in [2.75, 3.05) is 6.54 Å². The average Bonchev–Trinajstić information content (AvgIpc) is 2.71. The maximum Gasteiger partial charge on any atom is 0.322 e. The molecule has 0 saturated carbocycles. The summed E-state index contributed by atoms with van der Waals surface area (Å²) in [6, 6.07) is 2.70. The summed E-state index contributed by atoms with van der Waals surface area (Å²) in [6.45, 7) is -0.527. The number of furan rings is 1. The van der Waals surface area contributed by atoms with Gasteiger partial charge in [0.2, 0.25) is 0 Å². The van der Waals surface area contributed by atoms with Crippen molar-refractivity contribution in [3.05, 3.63) is 23.7 Å². The SMILES string of the molecule is O=C(O)CNC(=O)c1ccc(CSC(F)F)o1. The highest BCUT2D eigenvalue weighted by molar-refractivity contribution is 7.98. The van der Waals surface area contributed by atoms with Crippen LogP contribution in [0.5, 0.6) is 0 Å². The minimum Gasteiger partial charge on any atom is -0.480 e. The number of alkyl halides is 2. The summed E-state index contributed by atoms with van der Waals surface area (Å²) in [6.07, 6.45) is 0. The van der Waals surface area contributed by atoms with Gasteiger partial charge in [-0.25, -0.2) is 0 Å². The standard InChI is InChI=1S/C9H9F2NO4S/c10-9(11)17-4-5-1-2-6(16-5)8(15)12-3-7(13)14/h1-2,9H,3-4H2,(H,12,15)(H,13,14). The zero-order valence-electron chi connectivity index (χ0n) is 8.48. The molecule has 1 aromatic rings. The van der Waals surface area contributed by atoms with Crippen LogP contribution >= 0.6 is 11.8 Å². The number of aliphatic carboxylic acids is 1. The number of carbonyl (C=O) groups excluding carboxylic acids is 1. The molecular weight excluding hydrogens is 256 g/mol. The summed E-state index contributed by atoms with van der Waals surface area (Å²) < 4.78 is 28.7. The molecule has 17 heavy (non-hydrogen) atoms. The first-order chi connectivity index (χ1) is 7.99. The van der Waals surface area contributed by atoms with Crippen LogP contribution in [0, 0.1) is 0 Å². The van der Waals surface area contributed by atoms with Crippen molar-refractivity contribution in [2.24, 2.45) is 0 Å². The molecule has 1 heterocycles. The van der Waals surface area contributed by atoms with Crippen molar-refractivity contribution in [1.29, 1.82) is 0 Å². The molecule has 0 bridgehead atoms. The normalized spacial score (nSPS) is 10.5. The van der Waals surface area contributed by atoms with Crippen LogP contribution in [0.2, 0.25) is 0 Å². The van der Waals surface area contributed by atoms with E-state index in [1.165, 1.54) is 12.1 Å². The van der Waals surface area contributed by atoms with Gasteiger partial charge in [-0.05, 0) is 12.1 Å². The van der Waals surface area contributed by atoms with E-state index in [0.717, 1.165) is 0 Å². The number of carboxylic acid groups (broad SMARTS) is 1. The fourth-order valence-electron chi connectivity index (χ4n) is 0.966. The molecule has 0 radical (unpaired) electrons. The third kappa shape index (κ3) is 4.85. The van der Waals surface area contributed by atoms with Crippen LogP contribution in [0.3, 0.4) is 0 Å². The first kappa shape index (κ1) is 13.5. The fraction of sp³-hybridized carbons (Fsp3) is 0.333. The minimum absolute atomic E-state index is 0.0517. The summed E-state index contributed by atoms with van der Waals surface area (Å²) in [5, 5.41) is 10.4. The van der Waals surface area contributed by atoms with Crippen LogP contribution in [-0.4, -0.2) is 29.3 Å². The second-order valence-corrected chi connectivity index (χ2v) is 3.89. The predicted octanol–water partition coefficient (Wildman–Crippen LogP) is 1.55. The monoisotopic (exact) mass is 265 g/mol. The second kappa shape index (κ2) is 6.24. The van der Waals surface area contributed by atoms with E-state index in [-0.39, 0.29) is 17.3 Å². The van der Waals surface area contributed by atoms with Crippen LogP contribution in [0.4, 0.5) is 8.78 Å². The van der Waals surface area contributed by atoms with Gasteiger partial charge in [-0.15, -0.1) is 0 Å². The average molecular weight is 265 g/mol. The first-order valence-electron chi connectivity index (χ1n) is 4.47. The number of amides is 1. The lowest BCUT2D eigenvalue weighted by atomic mass is 10.4. The molecule has 0 aliphatic heterocycles. The summed E-state index contributed by atoms with van der Waals surface area (Å²) >= 11 is 0.375. The lowest BCUT2D eigenvalue weighted by Crippen LogP contribution is -2.28. The smallest absolute Gasteiger partial charge is 0.322 e. The van der Waals surface area contributed by atoms with Crippen molar-refractivity contribution in [1.82, 2.24) is 5.32 Å². The molecule has 0 aliphatic rings. The van der Waals surface area contributed by atoms with Crippen LogP contribution in [0.15, 0.2) is 16.5 Å². The largest absolute Gasteiger partial charge is 0.480 e. The zero-order valence-corrected chi connectivity index (χ0v) is 9.30. The third-order valence-corrected chi connectivity index (χ3v) is 2.34. The predicted molar refractivity (Wildman–Crippen MR) is 56.0 cm³/mol. The topological polar surface area (TPSA) is 79.5 Å². The van der Waals surface area contributed by atoms with Gasteiger partial charge in [0, 0.05) is 0 Å². The Morgan fingerprint density at radius 1 is 1.47 bits per heavy atom. The number of rotatable bonds is 6. The van der Waals surface area contributed by atoms with Gasteiger partial charge in [0.1, 0.15) is 12.3 Å². The number of hydrogen-bond acceptors (Lipinski definition) is 4. The maximum absolute atomic E-state index is 11.9. The van der Waals surface area contributed by atoms with Gasteiger partial charge in [-0.3, -0.25) is 9.59 Å². The van der Waals surface area contributed by atoms with Crippen molar-refractivity contribution in [3.8, 4) is 0 Å². The number of carbonyl (C=O) groups is 2. The Morgan fingerprint density at radius 2 is 2.18 bits per heavy atom. The molecular formula is C9H9F2NO4S. The Kier molecular flexibility index (Phi) is 4.95. The number of halogens is 2. The van der Waals surface area contributed by atoms with Gasteiger partial charge in [-0.2, -0.15) is 8.78 Å². The van der Waals surface area contributed by atoms with E-state index in [4.69, 9.17) is 9.52 Å². The first-order valence-corrected chi connectivity index (χ1v) is 5.52. The molecule has 0 aromatic carbocycles. The number of hydrogen-bond donors (Lipinski definition) is 2. The highest BCUT2D eigenvalue weighted by atomic mass is 32.2. The van der Waals surface area contributed by atoms with E-state index in [2.05, 4.69) is 5.32 Å². The summed E-state index contributed by atoms with van der Waals surface area (Å²) in [5.74, 6) is -4.31. The van der Waals surface area contributed by atoms with Gasteiger partial charge in [-0.1, -0.05) is 11.8 Å². The highest BCUT2D eigenvalue weighted by Gasteiger charge is 2.13. The summed E-state index contributed by atoms with van der Waals surface area (Å²) in [7, 11) is 0. The van der Waals surface area contributed by atoms with Crippen molar-refractivity contribution >= 4 is 23.6 Å². The Morgan fingerprint density at radius 3 is 2.76 bits per heavy atom. The van der Waals surface area contributed by atoms with E-state index >= 15 is 0 Å². The molecule has 0 aliphatic carbocycles. The number of carboxylic acids is 1. The molecule has 8 heteroatoms. The van der Waals surface area contributed by atoms with Gasteiger partial charge in [0.25, 0.3) is 11.7 Å². The lowest BCUT2D eigenvalue weighted by molar-refractivity contribution is -0.135. The van der Waals surface area contributed by atoms with Crippen LogP contribution in [0.1, 0.15) is 16.3 Å². The quantitative estimate of drug-likeness (QED) is 0.815. The Hall–Kier alpha value is -1.57. The molecule has 1 aromatic heterocycles. The molecule has 2 N–H and O–H groups in total. The Bertz CT molecular complexity index is 407. The molecule has 0 fully saturated rings. The van der Waals surface area contributed by atoms with E-state index in [1.807, 2.05) is 0 Å². The Labute approximate surface area is 99.2 Å². The molecule has 0 unspecified atom stereocenters. The zero-order chi connectivity index (χ0) is 12.8. The lowest BCUT2D eigenvalue weighted by Gasteiger charge is -1.99. The van der Waals surface area contributed by atoms with Gasteiger partial charge < -0.3 is 14.8 Å². The summed E-state index contributed by atoms with van der Waals surface area (Å²) in [5.41, 5.74) is 0. The van der Waals surface area contributed by atoms with Crippen molar-refractivity contribution in [3.63, 3.8) is 0 Å². The van der Waals surface area contributed by atoms with E-state index in [9.17, 15) is 18.4 Å². The molecule has 0 spiro atoms. The molecule has 5 nitrogen and oxygen atoms in total. The molecule has 0 atom stereocenters. The molecule has 1 amide bonds. The van der Waals surface area contributed by atoms with Crippen molar-refractivity contribution in [2.45, 2.75) is 11.5 Å². The number of thioether (sulfide) groups is 1. The van der Waals surface area contributed by atoms with Crippen LogP contribution in [-0.2, 0) is 10.5 Å². The maximum atomic E-state index is 11.9. The minimum atomic E-state index is -2.51. The van der Waals surface area contributed by atoms with E-state index in [0.29, 0.717) is 11.8 Å². The fourth-order valence-corrected chi connectivity index (χ4v) is 1.41. The second-order valence-electron chi connectivity index (χ2n) is 2.91. The van der Waals surface area contributed by atoms with Crippen LogP contribution in [0.25, 0.3) is 0 Å². The Balaban J connectivity index is 2.49. The highest BCUT2D eigenvalue weighted by Crippen LogP contribution is 2.21. The summed E-state index contributed by atoms with van der Waals surface area (Å²) in [4.78, 5) is 21.5.